The Labute approximate surface area is 188 Å². The molecule has 8 heteroatoms. The Kier molecular flexibility index (Phi) is 7.27. The summed E-state index contributed by atoms with van der Waals surface area (Å²) in [7, 11) is -0.0795. The van der Waals surface area contributed by atoms with Crippen molar-refractivity contribution < 1.29 is 17.6 Å². The number of amides is 1. The second-order valence-electron chi connectivity index (χ2n) is 7.69. The molecule has 0 spiro atoms. The van der Waals surface area contributed by atoms with Crippen LogP contribution >= 0.6 is 0 Å². The average molecular weight is 456 g/mol. The molecule has 0 aromatic heterocycles. The number of halogens is 1. The second kappa shape index (κ2) is 9.93. The van der Waals surface area contributed by atoms with Crippen LogP contribution in [0, 0.1) is 12.7 Å². The van der Waals surface area contributed by atoms with Gasteiger partial charge in [0.25, 0.3) is 15.9 Å². The number of hydrogen-bond acceptors (Lipinski definition) is 4. The van der Waals surface area contributed by atoms with Gasteiger partial charge in [-0.15, -0.1) is 0 Å². The molecule has 0 aliphatic carbocycles. The maximum absolute atomic E-state index is 13.1. The van der Waals surface area contributed by atoms with E-state index in [-0.39, 0.29) is 28.1 Å². The highest BCUT2D eigenvalue weighted by molar-refractivity contribution is 7.92. The number of nitrogens with one attached hydrogen (secondary N) is 2. The number of carbonyl (C=O) groups is 1. The topological polar surface area (TPSA) is 78.5 Å². The number of nitrogens with zero attached hydrogens (tertiary/aromatic N) is 1. The summed E-state index contributed by atoms with van der Waals surface area (Å²) < 4.78 is 41.0. The second-order valence-corrected chi connectivity index (χ2v) is 9.37. The first-order valence-electron chi connectivity index (χ1n) is 10.1. The number of sulfonamides is 1. The Morgan fingerprint density at radius 3 is 2.28 bits per heavy atom. The van der Waals surface area contributed by atoms with Crippen LogP contribution in [-0.2, 0) is 10.0 Å². The fourth-order valence-electron chi connectivity index (χ4n) is 3.30. The van der Waals surface area contributed by atoms with Crippen LogP contribution in [0.3, 0.4) is 0 Å². The Morgan fingerprint density at radius 2 is 1.66 bits per heavy atom. The normalized spacial score (nSPS) is 12.4. The average Bonchev–Trinajstić information content (AvgIpc) is 2.76. The molecule has 6 nitrogen and oxygen atoms in total. The first-order valence-corrected chi connectivity index (χ1v) is 11.5. The van der Waals surface area contributed by atoms with Gasteiger partial charge in [-0.05, 0) is 68.5 Å². The van der Waals surface area contributed by atoms with E-state index in [0.29, 0.717) is 12.1 Å². The van der Waals surface area contributed by atoms with Gasteiger partial charge in [0.15, 0.2) is 0 Å². The Morgan fingerprint density at radius 1 is 1.00 bits per heavy atom. The molecule has 0 saturated carbocycles. The van der Waals surface area contributed by atoms with Gasteiger partial charge in [0, 0.05) is 17.8 Å². The molecule has 1 atom stereocenters. The molecule has 2 N–H and O–H groups in total. The van der Waals surface area contributed by atoms with Crippen molar-refractivity contribution in [2.24, 2.45) is 0 Å². The Hall–Kier alpha value is -3.23. The monoisotopic (exact) mass is 455 g/mol. The van der Waals surface area contributed by atoms with Crippen molar-refractivity contribution in [2.45, 2.75) is 17.9 Å². The molecule has 0 bridgehead atoms. The third-order valence-electron chi connectivity index (χ3n) is 5.12. The van der Waals surface area contributed by atoms with E-state index < -0.39 is 15.8 Å². The standard InChI is InChI=1S/C24H26FN3O3S/c1-17-9-14-21(32(30,31)27-20-12-10-19(25)11-13-20)15-22(17)24(29)26-16-23(28(2)3)18-7-5-4-6-8-18/h4-15,23,27H,16H2,1-3H3,(H,26,29). The molecule has 3 aromatic rings. The van der Waals surface area contributed by atoms with Gasteiger partial charge in [-0.25, -0.2) is 12.8 Å². The van der Waals surface area contributed by atoms with Crippen LogP contribution in [0.1, 0.15) is 27.5 Å². The zero-order valence-corrected chi connectivity index (χ0v) is 19.0. The molecule has 32 heavy (non-hydrogen) atoms. The summed E-state index contributed by atoms with van der Waals surface area (Å²) in [6.07, 6.45) is 0. The lowest BCUT2D eigenvalue weighted by Crippen LogP contribution is -2.35. The smallest absolute Gasteiger partial charge is 0.261 e. The Bertz CT molecular complexity index is 1180. The van der Waals surface area contributed by atoms with Gasteiger partial charge in [0.05, 0.1) is 10.9 Å². The molecule has 3 rings (SSSR count). The van der Waals surface area contributed by atoms with Crippen LogP contribution < -0.4 is 10.0 Å². The predicted octanol–water partition coefficient (Wildman–Crippen LogP) is 3.97. The van der Waals surface area contributed by atoms with Crippen LogP contribution in [-0.4, -0.2) is 39.9 Å². The SMILES string of the molecule is Cc1ccc(S(=O)(=O)Nc2ccc(F)cc2)cc1C(=O)NCC(c1ccccc1)N(C)C. The molecule has 0 heterocycles. The van der Waals surface area contributed by atoms with E-state index in [1.165, 1.54) is 36.4 Å². The minimum atomic E-state index is -3.95. The summed E-state index contributed by atoms with van der Waals surface area (Å²) in [5.41, 5.74) is 2.23. The predicted molar refractivity (Wildman–Crippen MR) is 124 cm³/mol. The molecule has 1 amide bonds. The Balaban J connectivity index is 1.78. The summed E-state index contributed by atoms with van der Waals surface area (Å²) >= 11 is 0. The van der Waals surface area contributed by atoms with Crippen molar-refractivity contribution in [3.05, 3.63) is 95.3 Å². The van der Waals surface area contributed by atoms with Gasteiger partial charge in [0.1, 0.15) is 5.82 Å². The van der Waals surface area contributed by atoms with E-state index in [1.807, 2.05) is 49.3 Å². The molecule has 0 fully saturated rings. The van der Waals surface area contributed by atoms with Gasteiger partial charge in [-0.1, -0.05) is 36.4 Å². The maximum atomic E-state index is 13.1. The maximum Gasteiger partial charge on any atom is 0.261 e. The molecule has 0 aliphatic heterocycles. The van der Waals surface area contributed by atoms with E-state index in [1.54, 1.807) is 13.0 Å². The van der Waals surface area contributed by atoms with Crippen LogP contribution in [0.4, 0.5) is 10.1 Å². The first kappa shape index (κ1) is 23.4. The van der Waals surface area contributed by atoms with Gasteiger partial charge < -0.3 is 10.2 Å². The summed E-state index contributed by atoms with van der Waals surface area (Å²) in [5, 5.41) is 2.92. The van der Waals surface area contributed by atoms with E-state index >= 15 is 0 Å². The number of aryl methyl sites for hydroxylation is 1. The lowest BCUT2D eigenvalue weighted by molar-refractivity contribution is 0.0941. The first-order chi connectivity index (χ1) is 15.2. The molecule has 3 aromatic carbocycles. The van der Waals surface area contributed by atoms with Gasteiger partial charge in [-0.3, -0.25) is 9.52 Å². The van der Waals surface area contributed by atoms with Gasteiger partial charge in [0.2, 0.25) is 0 Å². The molecule has 0 aliphatic rings. The number of hydrogen-bond donors (Lipinski definition) is 2. The molecule has 0 radical (unpaired) electrons. The molecular weight excluding hydrogens is 429 g/mol. The van der Waals surface area contributed by atoms with Crippen molar-refractivity contribution in [1.82, 2.24) is 10.2 Å². The fraction of sp³-hybridized carbons (Fsp3) is 0.208. The zero-order chi connectivity index (χ0) is 23.3. The summed E-state index contributed by atoms with van der Waals surface area (Å²) in [5.74, 6) is -0.821. The van der Waals surface area contributed by atoms with E-state index in [9.17, 15) is 17.6 Å². The third kappa shape index (κ3) is 5.72. The lowest BCUT2D eigenvalue weighted by atomic mass is 10.1. The van der Waals surface area contributed by atoms with Crippen LogP contribution in [0.25, 0.3) is 0 Å². The minimum absolute atomic E-state index is 0.0347. The molecular formula is C24H26FN3O3S. The highest BCUT2D eigenvalue weighted by Crippen LogP contribution is 2.21. The number of anilines is 1. The largest absolute Gasteiger partial charge is 0.350 e. The molecule has 1 unspecified atom stereocenters. The van der Waals surface area contributed by atoms with E-state index in [4.69, 9.17) is 0 Å². The third-order valence-corrected chi connectivity index (χ3v) is 6.50. The minimum Gasteiger partial charge on any atom is -0.350 e. The highest BCUT2D eigenvalue weighted by Gasteiger charge is 2.20. The van der Waals surface area contributed by atoms with Crippen molar-refractivity contribution >= 4 is 21.6 Å². The number of rotatable bonds is 8. The summed E-state index contributed by atoms with van der Waals surface area (Å²) in [4.78, 5) is 14.9. The van der Waals surface area contributed by atoms with Crippen molar-refractivity contribution in [3.8, 4) is 0 Å². The van der Waals surface area contributed by atoms with Crippen molar-refractivity contribution in [3.63, 3.8) is 0 Å². The van der Waals surface area contributed by atoms with Crippen LogP contribution in [0.15, 0.2) is 77.7 Å². The number of likely N-dealkylation sites (N-methyl/N-ethyl adjacent to an activating group) is 1. The summed E-state index contributed by atoms with van der Waals surface area (Å²) in [6, 6.07) is 19.2. The van der Waals surface area contributed by atoms with Crippen molar-refractivity contribution in [1.29, 1.82) is 0 Å². The van der Waals surface area contributed by atoms with Crippen LogP contribution in [0.5, 0.6) is 0 Å². The van der Waals surface area contributed by atoms with E-state index in [2.05, 4.69) is 10.0 Å². The molecule has 0 saturated heterocycles. The van der Waals surface area contributed by atoms with Crippen molar-refractivity contribution in [2.75, 3.05) is 25.4 Å². The quantitative estimate of drug-likeness (QED) is 0.539. The zero-order valence-electron chi connectivity index (χ0n) is 18.2. The summed E-state index contributed by atoms with van der Waals surface area (Å²) in [6.45, 7) is 2.11. The van der Waals surface area contributed by atoms with Gasteiger partial charge in [-0.2, -0.15) is 0 Å². The number of benzene rings is 3. The highest BCUT2D eigenvalue weighted by atomic mass is 32.2. The fourth-order valence-corrected chi connectivity index (χ4v) is 4.39. The van der Waals surface area contributed by atoms with Gasteiger partial charge >= 0.3 is 0 Å². The number of carbonyl (C=O) groups excluding carboxylic acids is 1. The van der Waals surface area contributed by atoms with E-state index in [0.717, 1.165) is 5.56 Å². The molecule has 168 valence electrons. The lowest BCUT2D eigenvalue weighted by Gasteiger charge is -2.25. The van der Waals surface area contributed by atoms with Crippen LogP contribution in [0.2, 0.25) is 0 Å².